The predicted molar refractivity (Wildman–Crippen MR) is 152 cm³/mol. The quantitative estimate of drug-likeness (QED) is 0.0461. The van der Waals surface area contributed by atoms with E-state index in [4.69, 9.17) is 15.5 Å². The second kappa shape index (κ2) is 20.4. The van der Waals surface area contributed by atoms with Gasteiger partial charge in [-0.25, -0.2) is 9.09 Å². The summed E-state index contributed by atoms with van der Waals surface area (Å²) in [7, 11) is -6.99. The molecule has 0 aromatic rings. The van der Waals surface area contributed by atoms with Gasteiger partial charge in [0.05, 0.1) is 0 Å². The van der Waals surface area contributed by atoms with Gasteiger partial charge in [-0.3, -0.25) is 0 Å². The Morgan fingerprint density at radius 3 is 0.980 bits per heavy atom. The largest absolute Gasteiger partial charge is 0.474 e. The van der Waals surface area contributed by atoms with Crippen molar-refractivity contribution in [3.05, 3.63) is 0 Å². The molecule has 0 atom stereocenters. The number of phosphoric ester groups is 1. The minimum absolute atomic E-state index is 0.0943. The Kier molecular flexibility index (Phi) is 20.8. The molecule has 0 saturated carbocycles. The number of rotatable bonds is 26. The van der Waals surface area contributed by atoms with Crippen LogP contribution in [0.3, 0.4) is 0 Å². The number of alkyl halides is 16. The molecule has 0 amide bonds. The molecule has 22 heteroatoms. The Balaban J connectivity index is 0. The van der Waals surface area contributed by atoms with Crippen molar-refractivity contribution in [3.63, 3.8) is 0 Å². The first kappa shape index (κ1) is 51.1. The van der Waals surface area contributed by atoms with Crippen molar-refractivity contribution >= 4 is 7.82 Å². The number of halogens is 16. The normalized spacial score (nSPS) is 14.5. The molecule has 0 saturated heterocycles. The zero-order chi connectivity index (χ0) is 39.9. The summed E-state index contributed by atoms with van der Waals surface area (Å²) in [4.78, 5) is 15.8. The number of hydrogen-bond donors (Lipinski definition) is 3. The third-order valence-electron chi connectivity index (χ3n) is 7.53. The molecule has 0 aromatic heterocycles. The van der Waals surface area contributed by atoms with Gasteiger partial charge in [-0.1, -0.05) is 110 Å². The molecule has 0 heterocycles. The highest BCUT2D eigenvalue weighted by molar-refractivity contribution is 7.46. The van der Waals surface area contributed by atoms with Crippen LogP contribution in [0.25, 0.3) is 0 Å². The highest BCUT2D eigenvalue weighted by atomic mass is 31.2. The van der Waals surface area contributed by atoms with Crippen LogP contribution in [0, 0.1) is 0 Å². The average molecular weight is 796 g/mol. The second-order valence-corrected chi connectivity index (χ2v) is 12.9. The van der Waals surface area contributed by atoms with E-state index in [1.54, 1.807) is 4.52 Å². The van der Waals surface area contributed by atoms with E-state index >= 15 is 0 Å². The first-order chi connectivity index (χ1) is 22.4. The van der Waals surface area contributed by atoms with Gasteiger partial charge < -0.3 is 15.5 Å². The van der Waals surface area contributed by atoms with Crippen molar-refractivity contribution in [1.29, 1.82) is 0 Å². The van der Waals surface area contributed by atoms with Gasteiger partial charge in [-0.2, -0.15) is 70.2 Å². The fourth-order valence-corrected chi connectivity index (χ4v) is 4.74. The first-order valence-electron chi connectivity index (χ1n) is 15.9. The molecule has 0 spiro atoms. The maximum atomic E-state index is 13.3. The lowest BCUT2D eigenvalue weighted by Crippen LogP contribution is -2.74. The number of nitrogens with two attached hydrogens (primary N) is 1. The molecule has 0 aliphatic carbocycles. The van der Waals surface area contributed by atoms with Crippen LogP contribution in [0.2, 0.25) is 0 Å². The van der Waals surface area contributed by atoms with Crippen LogP contribution in [0.1, 0.15) is 123 Å². The Bertz CT molecular complexity index is 981. The van der Waals surface area contributed by atoms with Crippen LogP contribution in [0.15, 0.2) is 0 Å². The number of hydrogen-bond acceptors (Lipinski definition) is 3. The fourth-order valence-electron chi connectivity index (χ4n) is 4.32. The molecule has 0 unspecified atom stereocenters. The highest BCUT2D eigenvalue weighted by Crippen LogP contribution is 2.65. The van der Waals surface area contributed by atoms with Gasteiger partial charge in [0.25, 0.3) is 0 Å². The molecule has 0 rings (SSSR count). The van der Waals surface area contributed by atoms with Crippen molar-refractivity contribution < 1.29 is 89.1 Å². The molecule has 4 N–H and O–H groups in total. The van der Waals surface area contributed by atoms with Gasteiger partial charge in [0.1, 0.15) is 0 Å². The van der Waals surface area contributed by atoms with E-state index in [2.05, 4.69) is 6.92 Å². The Labute approximate surface area is 280 Å². The van der Waals surface area contributed by atoms with Crippen LogP contribution in [-0.2, 0) is 9.09 Å². The van der Waals surface area contributed by atoms with Crippen molar-refractivity contribution in [3.8, 4) is 0 Å². The smallest absolute Gasteiger partial charge is 0.330 e. The second-order valence-electron chi connectivity index (χ2n) is 11.7. The van der Waals surface area contributed by atoms with Gasteiger partial charge in [0.2, 0.25) is 0 Å². The summed E-state index contributed by atoms with van der Waals surface area (Å²) in [5, 5.41) is 0. The van der Waals surface area contributed by atoms with E-state index < -0.39 is 61.8 Å². The van der Waals surface area contributed by atoms with E-state index in [0.29, 0.717) is 0 Å². The lowest BCUT2D eigenvalue weighted by molar-refractivity contribution is -0.466. The average Bonchev–Trinajstić information content (AvgIpc) is 2.97. The van der Waals surface area contributed by atoms with Crippen molar-refractivity contribution in [2.45, 2.75) is 171 Å². The van der Waals surface area contributed by atoms with E-state index in [1.807, 2.05) is 0 Å². The van der Waals surface area contributed by atoms with Gasteiger partial charge in [0.15, 0.2) is 0 Å². The van der Waals surface area contributed by atoms with E-state index in [-0.39, 0.29) is 6.92 Å². The molecule has 0 aliphatic rings. The Morgan fingerprint density at radius 1 is 0.460 bits per heavy atom. The van der Waals surface area contributed by atoms with Gasteiger partial charge in [-0.15, -0.1) is 0 Å². The monoisotopic (exact) mass is 795 g/mol. The van der Waals surface area contributed by atoms with Crippen LogP contribution < -0.4 is 5.73 Å². The molecule has 0 radical (unpaired) electrons. The fraction of sp³-hybridized carbons (Fsp3) is 1.00. The lowest BCUT2D eigenvalue weighted by atomic mass is 9.88. The summed E-state index contributed by atoms with van der Waals surface area (Å²) in [6, 6.07) is 0. The SMILES string of the molecule is CCC(F)(F)C(F)(F)C(F)(F)C(F)(F)C(F)(F)C(F)(F)C(F)(F)C(F)(F)OP(=O)(O)O.CCCCCCCCCCCCCCCCCCN. The summed E-state index contributed by atoms with van der Waals surface area (Å²) in [6.07, 6.45) is 12.8. The van der Waals surface area contributed by atoms with E-state index in [9.17, 15) is 74.8 Å². The van der Waals surface area contributed by atoms with Crippen LogP contribution in [0.5, 0.6) is 0 Å². The Morgan fingerprint density at radius 2 is 0.720 bits per heavy atom. The maximum Gasteiger partial charge on any atom is 0.474 e. The highest BCUT2D eigenvalue weighted by Gasteiger charge is 2.95. The Hall–Kier alpha value is -1.05. The molecular weight excluding hydrogens is 749 g/mol. The molecule has 0 aliphatic heterocycles. The molecule has 0 fully saturated rings. The molecule has 304 valence electrons. The number of unbranched alkanes of at least 4 members (excludes halogenated alkanes) is 15. The maximum absolute atomic E-state index is 13.3. The van der Waals surface area contributed by atoms with Crippen molar-refractivity contribution in [2.24, 2.45) is 5.73 Å². The predicted octanol–water partition coefficient (Wildman–Crippen LogP) is 11.8. The lowest BCUT2D eigenvalue weighted by Gasteiger charge is -2.43. The zero-order valence-electron chi connectivity index (χ0n) is 27.5. The van der Waals surface area contributed by atoms with Gasteiger partial charge >= 0.3 is 55.4 Å². The van der Waals surface area contributed by atoms with Crippen LogP contribution in [-0.4, -0.2) is 63.9 Å². The molecule has 50 heavy (non-hydrogen) atoms. The standard InChI is InChI=1S/C18H39N.C10H7F16O4P/c1-2-3-4-5-6-7-8-9-10-11-12-13-14-15-16-17-18-19;1-2-3(11,12)4(13,14)5(15,16)6(17,18)7(19,20)8(21,22)9(23,24)10(25,26)30-31(27,28)29/h2-19H2,1H3;2H2,1H3,(H2,27,28,29). The van der Waals surface area contributed by atoms with Crippen molar-refractivity contribution in [2.75, 3.05) is 6.54 Å². The van der Waals surface area contributed by atoms with E-state index in [0.717, 1.165) is 6.54 Å². The van der Waals surface area contributed by atoms with Gasteiger partial charge in [0, 0.05) is 6.42 Å². The third kappa shape index (κ3) is 13.1. The molecular formula is C28H46F16NO4P. The minimum Gasteiger partial charge on any atom is -0.330 e. The topological polar surface area (TPSA) is 92.8 Å². The molecule has 0 aromatic carbocycles. The number of phosphoric acid groups is 1. The summed E-state index contributed by atoms with van der Waals surface area (Å²) in [5.41, 5.74) is 5.48. The molecule has 0 bridgehead atoms. The van der Waals surface area contributed by atoms with Crippen molar-refractivity contribution in [1.82, 2.24) is 0 Å². The summed E-state index contributed by atoms with van der Waals surface area (Å²) >= 11 is 0. The first-order valence-corrected chi connectivity index (χ1v) is 17.4. The minimum atomic E-state index is -8.68. The van der Waals surface area contributed by atoms with Crippen LogP contribution >= 0.6 is 7.82 Å². The molecule has 5 nitrogen and oxygen atoms in total. The zero-order valence-corrected chi connectivity index (χ0v) is 28.4. The van der Waals surface area contributed by atoms with Gasteiger partial charge in [-0.05, 0) is 13.0 Å². The summed E-state index contributed by atoms with van der Waals surface area (Å²) in [6.45, 7) is 3.07. The van der Waals surface area contributed by atoms with Crippen LogP contribution in [0.4, 0.5) is 70.2 Å². The summed E-state index contributed by atoms with van der Waals surface area (Å²) in [5.74, 6) is -56.3. The van der Waals surface area contributed by atoms with E-state index in [1.165, 1.54) is 103 Å². The third-order valence-corrected chi connectivity index (χ3v) is 8.00. The summed E-state index contributed by atoms with van der Waals surface area (Å²) < 4.78 is 222.